The molecule has 6 heteroatoms. The van der Waals surface area contributed by atoms with Crippen LogP contribution in [-0.4, -0.2) is 25.5 Å². The second-order valence-electron chi connectivity index (χ2n) is 7.12. The molecule has 142 valence electrons. The zero-order chi connectivity index (χ0) is 19.6. The van der Waals surface area contributed by atoms with Crippen LogP contribution in [0.1, 0.15) is 24.0 Å². The second-order valence-corrected chi connectivity index (χ2v) is 7.12. The van der Waals surface area contributed by atoms with Crippen LogP contribution in [0.5, 0.6) is 0 Å². The molecule has 1 fully saturated rings. The summed E-state index contributed by atoms with van der Waals surface area (Å²) in [5.74, 6) is 0.478. The highest BCUT2D eigenvalue weighted by Crippen LogP contribution is 2.30. The smallest absolute Gasteiger partial charge is 0.249 e. The highest BCUT2D eigenvalue weighted by atomic mass is 16.2. The quantitative estimate of drug-likeness (QED) is 0.559. The van der Waals surface area contributed by atoms with E-state index in [4.69, 9.17) is 0 Å². The average Bonchev–Trinajstić information content (AvgIpc) is 3.53. The van der Waals surface area contributed by atoms with Gasteiger partial charge in [0.25, 0.3) is 0 Å². The standard InChI is InChI=1S/C23H19N5O/c29-22(19-12-13-19)26-23-25-21-5-1-4-20(28(21)27-23)18-10-8-16(9-11-18)6-7-17-3-2-14-24-15-17/h1-11,14-15,19H,12-13H2,(H,26,27,29). The molecule has 0 unspecified atom stereocenters. The lowest BCUT2D eigenvalue weighted by Crippen LogP contribution is -2.14. The Morgan fingerprint density at radius 2 is 1.83 bits per heavy atom. The van der Waals surface area contributed by atoms with Crippen LogP contribution >= 0.6 is 0 Å². The molecule has 3 aromatic heterocycles. The topological polar surface area (TPSA) is 72.2 Å². The van der Waals surface area contributed by atoms with Gasteiger partial charge < -0.3 is 0 Å². The number of pyridine rings is 2. The average molecular weight is 381 g/mol. The lowest BCUT2D eigenvalue weighted by Gasteiger charge is -2.04. The predicted octanol–water partition coefficient (Wildman–Crippen LogP) is 4.31. The zero-order valence-electron chi connectivity index (χ0n) is 15.7. The molecule has 6 nitrogen and oxygen atoms in total. The number of hydrogen-bond acceptors (Lipinski definition) is 4. The van der Waals surface area contributed by atoms with E-state index in [9.17, 15) is 4.79 Å². The van der Waals surface area contributed by atoms with Gasteiger partial charge in [0.2, 0.25) is 11.9 Å². The number of anilines is 1. The molecule has 0 aliphatic heterocycles. The molecule has 29 heavy (non-hydrogen) atoms. The van der Waals surface area contributed by atoms with Gasteiger partial charge in [-0.05, 0) is 42.2 Å². The number of nitrogens with one attached hydrogen (secondary N) is 1. The van der Waals surface area contributed by atoms with Crippen LogP contribution in [0.3, 0.4) is 0 Å². The van der Waals surface area contributed by atoms with Crippen molar-refractivity contribution in [3.63, 3.8) is 0 Å². The Morgan fingerprint density at radius 1 is 1.00 bits per heavy atom. The molecule has 0 radical (unpaired) electrons. The summed E-state index contributed by atoms with van der Waals surface area (Å²) >= 11 is 0. The lowest BCUT2D eigenvalue weighted by atomic mass is 10.1. The van der Waals surface area contributed by atoms with Crippen molar-refractivity contribution in [1.29, 1.82) is 0 Å². The Labute approximate surface area is 167 Å². The summed E-state index contributed by atoms with van der Waals surface area (Å²) in [6, 6.07) is 18.0. The van der Waals surface area contributed by atoms with Gasteiger partial charge >= 0.3 is 0 Å². The summed E-state index contributed by atoms with van der Waals surface area (Å²) in [5.41, 5.74) is 4.81. The van der Waals surface area contributed by atoms with Gasteiger partial charge in [-0.25, -0.2) is 4.52 Å². The lowest BCUT2D eigenvalue weighted by molar-refractivity contribution is -0.117. The van der Waals surface area contributed by atoms with Crippen molar-refractivity contribution < 1.29 is 4.79 Å². The van der Waals surface area contributed by atoms with Crippen molar-refractivity contribution in [3.05, 3.63) is 78.1 Å². The monoisotopic (exact) mass is 381 g/mol. The molecular weight excluding hydrogens is 362 g/mol. The van der Waals surface area contributed by atoms with Gasteiger partial charge in [0, 0.05) is 23.9 Å². The molecule has 3 heterocycles. The molecule has 0 saturated heterocycles. The van der Waals surface area contributed by atoms with Crippen LogP contribution in [0.4, 0.5) is 5.95 Å². The Kier molecular flexibility index (Phi) is 4.37. The predicted molar refractivity (Wildman–Crippen MR) is 113 cm³/mol. The minimum absolute atomic E-state index is 0.00668. The number of benzene rings is 1. The largest absolute Gasteiger partial charge is 0.293 e. The van der Waals surface area contributed by atoms with E-state index in [2.05, 4.69) is 50.7 Å². The van der Waals surface area contributed by atoms with E-state index in [1.807, 2.05) is 42.6 Å². The normalized spacial score (nSPS) is 13.8. The Morgan fingerprint density at radius 3 is 2.59 bits per heavy atom. The van der Waals surface area contributed by atoms with Gasteiger partial charge in [0.15, 0.2) is 5.65 Å². The van der Waals surface area contributed by atoms with Gasteiger partial charge in [-0.2, -0.15) is 4.98 Å². The Balaban J connectivity index is 1.40. The van der Waals surface area contributed by atoms with Crippen LogP contribution in [0.25, 0.3) is 29.1 Å². The van der Waals surface area contributed by atoms with Crippen LogP contribution in [0, 0.1) is 5.92 Å². The van der Waals surface area contributed by atoms with Gasteiger partial charge in [0.05, 0.1) is 5.69 Å². The van der Waals surface area contributed by atoms with Crippen LogP contribution in [0.2, 0.25) is 0 Å². The highest BCUT2D eigenvalue weighted by molar-refractivity contribution is 5.92. The van der Waals surface area contributed by atoms with Crippen molar-refractivity contribution in [3.8, 4) is 11.3 Å². The van der Waals surface area contributed by atoms with E-state index in [1.54, 1.807) is 10.7 Å². The SMILES string of the molecule is O=C(Nc1nc2cccc(-c3ccc(C=Cc4cccnc4)cc3)n2n1)C1CC1. The molecule has 1 aromatic carbocycles. The third-order valence-corrected chi connectivity index (χ3v) is 4.90. The first-order valence-corrected chi connectivity index (χ1v) is 9.61. The van der Waals surface area contributed by atoms with Gasteiger partial charge in [-0.3, -0.25) is 15.1 Å². The fourth-order valence-corrected chi connectivity index (χ4v) is 3.17. The maximum atomic E-state index is 12.0. The van der Waals surface area contributed by atoms with E-state index in [-0.39, 0.29) is 11.8 Å². The number of aromatic nitrogens is 4. The number of amides is 1. The first-order chi connectivity index (χ1) is 14.3. The van der Waals surface area contributed by atoms with Crippen LogP contribution in [-0.2, 0) is 4.79 Å². The summed E-state index contributed by atoms with van der Waals surface area (Å²) in [6.45, 7) is 0. The highest BCUT2D eigenvalue weighted by Gasteiger charge is 2.30. The molecule has 1 aliphatic carbocycles. The molecule has 1 N–H and O–H groups in total. The number of carbonyl (C=O) groups is 1. The summed E-state index contributed by atoms with van der Waals surface area (Å²) in [5, 5.41) is 7.31. The van der Waals surface area contributed by atoms with Crippen molar-refractivity contribution in [1.82, 2.24) is 19.6 Å². The van der Waals surface area contributed by atoms with Crippen LogP contribution in [0.15, 0.2) is 67.0 Å². The van der Waals surface area contributed by atoms with E-state index < -0.39 is 0 Å². The molecule has 1 saturated carbocycles. The number of rotatable bonds is 5. The summed E-state index contributed by atoms with van der Waals surface area (Å²) in [7, 11) is 0. The van der Waals surface area contributed by atoms with E-state index in [0.717, 1.165) is 35.2 Å². The summed E-state index contributed by atoms with van der Waals surface area (Å²) in [6.07, 6.45) is 9.59. The van der Waals surface area contributed by atoms with Gasteiger partial charge in [-0.1, -0.05) is 48.6 Å². The first kappa shape index (κ1) is 17.3. The molecule has 5 rings (SSSR count). The fraction of sp³-hybridized carbons (Fsp3) is 0.130. The van der Waals surface area contributed by atoms with Crippen molar-refractivity contribution in [2.75, 3.05) is 5.32 Å². The van der Waals surface area contributed by atoms with Gasteiger partial charge in [0.1, 0.15) is 0 Å². The molecule has 0 bridgehead atoms. The van der Waals surface area contributed by atoms with E-state index in [0.29, 0.717) is 11.6 Å². The minimum atomic E-state index is 0.00668. The zero-order valence-corrected chi connectivity index (χ0v) is 15.7. The number of carbonyl (C=O) groups excluding carboxylic acids is 1. The first-order valence-electron chi connectivity index (χ1n) is 9.61. The number of fused-ring (bicyclic) bond motifs is 1. The second kappa shape index (κ2) is 7.31. The third kappa shape index (κ3) is 3.78. The number of nitrogens with zero attached hydrogens (tertiary/aromatic N) is 4. The van der Waals surface area contributed by atoms with Crippen molar-refractivity contribution in [2.24, 2.45) is 5.92 Å². The molecule has 4 aromatic rings. The Bertz CT molecular complexity index is 1190. The number of hydrogen-bond donors (Lipinski definition) is 1. The van der Waals surface area contributed by atoms with Gasteiger partial charge in [-0.15, -0.1) is 5.10 Å². The molecule has 0 spiro atoms. The summed E-state index contributed by atoms with van der Waals surface area (Å²) < 4.78 is 1.77. The van der Waals surface area contributed by atoms with Crippen molar-refractivity contribution >= 4 is 29.7 Å². The van der Waals surface area contributed by atoms with E-state index >= 15 is 0 Å². The summed E-state index contributed by atoms with van der Waals surface area (Å²) in [4.78, 5) is 20.5. The maximum Gasteiger partial charge on any atom is 0.249 e. The van der Waals surface area contributed by atoms with E-state index in [1.165, 1.54) is 0 Å². The fourth-order valence-electron chi connectivity index (χ4n) is 3.17. The van der Waals surface area contributed by atoms with Crippen LogP contribution < -0.4 is 5.32 Å². The minimum Gasteiger partial charge on any atom is -0.293 e. The molecule has 1 amide bonds. The van der Waals surface area contributed by atoms with Crippen molar-refractivity contribution in [2.45, 2.75) is 12.8 Å². The molecule has 1 aliphatic rings. The molecule has 0 atom stereocenters. The maximum absolute atomic E-state index is 12.0. The Hall–Kier alpha value is -3.80. The molecular formula is C23H19N5O. The third-order valence-electron chi connectivity index (χ3n) is 4.90.